The normalized spacial score (nSPS) is 37.2. The molecule has 11 rings (SSSR count). The van der Waals surface area contributed by atoms with Crippen LogP contribution in [0.15, 0.2) is 83.3 Å². The van der Waals surface area contributed by atoms with Crippen molar-refractivity contribution in [2.45, 2.75) is 88.4 Å². The summed E-state index contributed by atoms with van der Waals surface area (Å²) in [4.78, 5) is 0. The molecule has 7 aliphatic rings. The van der Waals surface area contributed by atoms with Gasteiger partial charge in [0.1, 0.15) is 0 Å². The molecule has 4 atom stereocenters. The van der Waals surface area contributed by atoms with Crippen molar-refractivity contribution in [2.24, 2.45) is 35.0 Å². The van der Waals surface area contributed by atoms with Crippen molar-refractivity contribution in [2.75, 3.05) is 0 Å². The molecule has 1 heteroatoms. The SMILES string of the molecule is CCC1(c2ccc3c(c2)-c2cccc(Br)c2-c2ccccc2-c2cc(C45CC6CC7CC(C4)C76C5)ccc2-3)CC2CCC(C2)C1. The highest BCUT2D eigenvalue weighted by Crippen LogP contribution is 2.84. The van der Waals surface area contributed by atoms with Crippen LogP contribution in [0, 0.1) is 35.0 Å². The number of halogens is 1. The minimum absolute atomic E-state index is 0.318. The Morgan fingerprint density at radius 2 is 1.22 bits per heavy atom. The van der Waals surface area contributed by atoms with E-state index in [0.717, 1.165) is 35.0 Å². The lowest BCUT2D eigenvalue weighted by molar-refractivity contribution is -0.175. The fourth-order valence-electron chi connectivity index (χ4n) is 13.5. The molecule has 0 aromatic heterocycles. The smallest absolute Gasteiger partial charge is 0.0260 e. The number of fused-ring (bicyclic) bond motifs is 11. The van der Waals surface area contributed by atoms with E-state index < -0.39 is 0 Å². The van der Waals surface area contributed by atoms with Gasteiger partial charge >= 0.3 is 0 Å². The third kappa shape index (κ3) is 3.25. The summed E-state index contributed by atoms with van der Waals surface area (Å²) in [6, 6.07) is 31.7. The van der Waals surface area contributed by atoms with Crippen LogP contribution >= 0.6 is 15.9 Å². The maximum atomic E-state index is 4.07. The minimum Gasteiger partial charge on any atom is -0.0645 e. The van der Waals surface area contributed by atoms with E-state index in [2.05, 4.69) is 102 Å². The molecule has 4 aromatic rings. The Kier molecular flexibility index (Phi) is 5.19. The molecule has 226 valence electrons. The molecule has 4 bridgehead atoms. The van der Waals surface area contributed by atoms with Gasteiger partial charge in [-0.05, 0) is 172 Å². The maximum Gasteiger partial charge on any atom is 0.0260 e. The summed E-state index contributed by atoms with van der Waals surface area (Å²) in [6.45, 7) is 2.46. The van der Waals surface area contributed by atoms with Gasteiger partial charge in [0.25, 0.3) is 0 Å². The molecule has 4 aromatic carbocycles. The second kappa shape index (κ2) is 8.83. The zero-order chi connectivity index (χ0) is 29.7. The summed E-state index contributed by atoms with van der Waals surface area (Å²) in [7, 11) is 0. The van der Waals surface area contributed by atoms with Crippen LogP contribution < -0.4 is 0 Å². The summed E-state index contributed by atoms with van der Waals surface area (Å²) in [5, 5.41) is 0. The molecular formula is C44H43Br. The lowest BCUT2D eigenvalue weighted by atomic mass is 9.38. The second-order valence-corrected chi connectivity index (χ2v) is 17.7. The van der Waals surface area contributed by atoms with Crippen molar-refractivity contribution in [1.82, 2.24) is 0 Å². The first-order chi connectivity index (χ1) is 22.0. The van der Waals surface area contributed by atoms with Crippen LogP contribution in [0.3, 0.4) is 0 Å². The molecule has 0 radical (unpaired) electrons. The van der Waals surface area contributed by atoms with Crippen molar-refractivity contribution in [3.63, 3.8) is 0 Å². The maximum absolute atomic E-state index is 4.07. The highest BCUT2D eigenvalue weighted by atomic mass is 79.9. The van der Waals surface area contributed by atoms with E-state index in [1.165, 1.54) is 120 Å². The average molecular weight is 652 g/mol. The standard InChI is InChI=1S/C44H43Br/c1-2-42(21-26-10-11-27(16-26)22-42)28-12-14-35-34-15-13-29(43-23-31-17-30-18-32(24-43)44(30,31)25-43)20-38(34)33-6-3-4-7-36(33)41-37(39(35)19-28)8-5-9-40(41)45/h3-9,12-15,19-20,26-27,30-32H,2,10-11,16-18,21-25H2,1H3. The van der Waals surface area contributed by atoms with Crippen LogP contribution in [0.4, 0.5) is 0 Å². The Labute approximate surface area is 277 Å². The summed E-state index contributed by atoms with van der Waals surface area (Å²) in [5.41, 5.74) is 15.9. The van der Waals surface area contributed by atoms with Gasteiger partial charge in [-0.15, -0.1) is 0 Å². The molecule has 7 aliphatic carbocycles. The van der Waals surface area contributed by atoms with Crippen molar-refractivity contribution >= 4 is 15.9 Å². The second-order valence-electron chi connectivity index (χ2n) is 16.9. The molecule has 6 saturated carbocycles. The van der Waals surface area contributed by atoms with Gasteiger partial charge in [-0.3, -0.25) is 0 Å². The van der Waals surface area contributed by atoms with Gasteiger partial charge in [0.15, 0.2) is 0 Å². The van der Waals surface area contributed by atoms with Crippen LogP contribution in [0.2, 0.25) is 0 Å². The topological polar surface area (TPSA) is 0 Å². The van der Waals surface area contributed by atoms with E-state index in [1.807, 2.05) is 0 Å². The first-order valence-electron chi connectivity index (χ1n) is 18.2. The highest BCUT2D eigenvalue weighted by molar-refractivity contribution is 9.10. The monoisotopic (exact) mass is 650 g/mol. The van der Waals surface area contributed by atoms with Gasteiger partial charge in [-0.2, -0.15) is 0 Å². The number of hydrogen-bond acceptors (Lipinski definition) is 0. The van der Waals surface area contributed by atoms with E-state index in [-0.39, 0.29) is 0 Å². The van der Waals surface area contributed by atoms with E-state index in [0.29, 0.717) is 10.8 Å². The number of benzene rings is 4. The molecule has 6 fully saturated rings. The lowest BCUT2D eigenvalue weighted by Gasteiger charge is -2.66. The summed E-state index contributed by atoms with van der Waals surface area (Å²) < 4.78 is 1.20. The van der Waals surface area contributed by atoms with Gasteiger partial charge in [0.2, 0.25) is 0 Å². The third-order valence-electron chi connectivity index (χ3n) is 15.4. The predicted octanol–water partition coefficient (Wildman–Crippen LogP) is 12.4. The Morgan fingerprint density at radius 3 is 1.91 bits per heavy atom. The third-order valence-corrected chi connectivity index (χ3v) is 16.0. The first-order valence-corrected chi connectivity index (χ1v) is 19.0. The fraction of sp³-hybridized carbons (Fsp3) is 0.455. The molecule has 0 nitrogen and oxygen atoms in total. The Balaban J connectivity index is 1.14. The molecule has 0 aliphatic heterocycles. The van der Waals surface area contributed by atoms with E-state index >= 15 is 0 Å². The molecular weight excluding hydrogens is 608 g/mol. The van der Waals surface area contributed by atoms with E-state index in [4.69, 9.17) is 0 Å². The minimum atomic E-state index is 0.318. The number of hydrogen-bond donors (Lipinski definition) is 0. The molecule has 0 saturated heterocycles. The zero-order valence-corrected chi connectivity index (χ0v) is 28.1. The van der Waals surface area contributed by atoms with Crippen LogP contribution in [0.25, 0.3) is 44.5 Å². The van der Waals surface area contributed by atoms with Gasteiger partial charge < -0.3 is 0 Å². The van der Waals surface area contributed by atoms with Crippen molar-refractivity contribution in [3.05, 3.63) is 94.5 Å². The van der Waals surface area contributed by atoms with Crippen molar-refractivity contribution in [1.29, 1.82) is 0 Å². The summed E-state index contributed by atoms with van der Waals surface area (Å²) in [5.74, 6) is 4.91. The molecule has 4 unspecified atom stereocenters. The Morgan fingerprint density at radius 1 is 0.600 bits per heavy atom. The predicted molar refractivity (Wildman–Crippen MR) is 189 cm³/mol. The van der Waals surface area contributed by atoms with Crippen LogP contribution in [0.5, 0.6) is 0 Å². The van der Waals surface area contributed by atoms with Gasteiger partial charge in [-0.1, -0.05) is 96.4 Å². The fourth-order valence-corrected chi connectivity index (χ4v) is 14.1. The highest BCUT2D eigenvalue weighted by Gasteiger charge is 2.77. The largest absolute Gasteiger partial charge is 0.0645 e. The van der Waals surface area contributed by atoms with Crippen LogP contribution in [-0.4, -0.2) is 0 Å². The number of rotatable bonds is 3. The summed E-state index contributed by atoms with van der Waals surface area (Å²) in [6.07, 6.45) is 15.8. The van der Waals surface area contributed by atoms with Gasteiger partial charge in [-0.25, -0.2) is 0 Å². The molecule has 0 amide bonds. The Bertz CT molecular complexity index is 1900. The van der Waals surface area contributed by atoms with Crippen molar-refractivity contribution in [3.8, 4) is 44.5 Å². The van der Waals surface area contributed by atoms with Crippen LogP contribution in [0.1, 0.15) is 88.7 Å². The lowest BCUT2D eigenvalue weighted by Crippen LogP contribution is -2.59. The first kappa shape index (κ1) is 26.4. The van der Waals surface area contributed by atoms with Gasteiger partial charge in [0, 0.05) is 10.0 Å². The molecule has 1 spiro atoms. The Hall–Kier alpha value is -2.64. The zero-order valence-electron chi connectivity index (χ0n) is 26.5. The molecule has 45 heavy (non-hydrogen) atoms. The van der Waals surface area contributed by atoms with Gasteiger partial charge in [0.05, 0.1) is 0 Å². The average Bonchev–Trinajstić information content (AvgIpc) is 3.69. The quantitative estimate of drug-likeness (QED) is 0.182. The van der Waals surface area contributed by atoms with E-state index in [1.54, 1.807) is 11.1 Å². The van der Waals surface area contributed by atoms with Crippen LogP contribution in [-0.2, 0) is 10.8 Å². The van der Waals surface area contributed by atoms with Crippen molar-refractivity contribution < 1.29 is 0 Å². The summed E-state index contributed by atoms with van der Waals surface area (Å²) >= 11 is 4.07. The molecule has 0 heterocycles. The molecule has 0 N–H and O–H groups in total. The van der Waals surface area contributed by atoms with E-state index in [9.17, 15) is 0 Å².